The van der Waals surface area contributed by atoms with Crippen molar-refractivity contribution < 1.29 is 9.47 Å². The Hall–Kier alpha value is -1.10. The van der Waals surface area contributed by atoms with E-state index in [-0.39, 0.29) is 30.0 Å². The van der Waals surface area contributed by atoms with Crippen molar-refractivity contribution in [3.05, 3.63) is 29.8 Å². The molecule has 0 bridgehead atoms. The molecule has 29 heavy (non-hydrogen) atoms. The van der Waals surface area contributed by atoms with Crippen LogP contribution in [0.25, 0.3) is 0 Å². The van der Waals surface area contributed by atoms with Crippen molar-refractivity contribution in [3.63, 3.8) is 0 Å². The van der Waals surface area contributed by atoms with Crippen LogP contribution in [0, 0.1) is 0 Å². The fraction of sp³-hybridized carbons (Fsp3) is 0.667. The van der Waals surface area contributed by atoms with E-state index in [4.69, 9.17) is 14.5 Å². The molecule has 2 N–H and O–H groups in total. The molecule has 0 spiro atoms. The second-order valence-electron chi connectivity index (χ2n) is 7.32. The van der Waals surface area contributed by atoms with Gasteiger partial charge in [0.25, 0.3) is 0 Å². The molecule has 1 aliphatic heterocycles. The van der Waals surface area contributed by atoms with Gasteiger partial charge in [0.1, 0.15) is 5.75 Å². The van der Waals surface area contributed by atoms with Gasteiger partial charge < -0.3 is 25.0 Å². The lowest BCUT2D eigenvalue weighted by atomic mass is 10.0. The van der Waals surface area contributed by atoms with E-state index in [2.05, 4.69) is 60.5 Å². The van der Waals surface area contributed by atoms with Crippen molar-refractivity contribution in [1.82, 2.24) is 20.4 Å². The van der Waals surface area contributed by atoms with E-state index in [1.54, 1.807) is 7.11 Å². The van der Waals surface area contributed by atoms with Crippen LogP contribution in [-0.4, -0.2) is 88.9 Å². The van der Waals surface area contributed by atoms with E-state index >= 15 is 0 Å². The monoisotopic (exact) mass is 519 g/mol. The SMILES string of the molecule is CCNC(=NCC(C)N1CCOCC1)NCC(c1ccccc1OC)N(C)C.I. The van der Waals surface area contributed by atoms with Gasteiger partial charge in [0, 0.05) is 37.8 Å². The third kappa shape index (κ3) is 8.27. The highest BCUT2D eigenvalue weighted by atomic mass is 127. The van der Waals surface area contributed by atoms with Gasteiger partial charge in [-0.1, -0.05) is 18.2 Å². The van der Waals surface area contributed by atoms with Crippen LogP contribution in [0.2, 0.25) is 0 Å². The molecule has 2 unspecified atom stereocenters. The van der Waals surface area contributed by atoms with Crippen molar-refractivity contribution in [2.75, 3.05) is 67.1 Å². The summed E-state index contributed by atoms with van der Waals surface area (Å²) in [6.45, 7) is 10.3. The molecule has 0 aromatic heterocycles. The number of methoxy groups -OCH3 is 1. The maximum atomic E-state index is 5.56. The van der Waals surface area contributed by atoms with Crippen molar-refractivity contribution >= 4 is 29.9 Å². The van der Waals surface area contributed by atoms with E-state index in [1.165, 1.54) is 5.56 Å². The minimum atomic E-state index is 0. The van der Waals surface area contributed by atoms with Gasteiger partial charge in [0.05, 0.1) is 32.9 Å². The summed E-state index contributed by atoms with van der Waals surface area (Å²) in [5.41, 5.74) is 1.17. The molecule has 1 heterocycles. The third-order valence-electron chi connectivity index (χ3n) is 5.11. The first-order valence-corrected chi connectivity index (χ1v) is 10.2. The Morgan fingerprint density at radius 2 is 1.93 bits per heavy atom. The molecule has 0 aliphatic carbocycles. The fourth-order valence-corrected chi connectivity index (χ4v) is 3.40. The third-order valence-corrected chi connectivity index (χ3v) is 5.11. The number of para-hydroxylation sites is 1. The smallest absolute Gasteiger partial charge is 0.191 e. The Balaban J connectivity index is 0.00000420. The van der Waals surface area contributed by atoms with Crippen LogP contribution in [0.3, 0.4) is 0 Å². The second-order valence-corrected chi connectivity index (χ2v) is 7.32. The number of benzene rings is 1. The Labute approximate surface area is 193 Å². The predicted octanol–water partition coefficient (Wildman–Crippen LogP) is 2.19. The van der Waals surface area contributed by atoms with Crippen molar-refractivity contribution in [2.45, 2.75) is 25.9 Å². The average molecular weight is 519 g/mol. The van der Waals surface area contributed by atoms with Gasteiger partial charge in [0.15, 0.2) is 5.96 Å². The summed E-state index contributed by atoms with van der Waals surface area (Å²) in [4.78, 5) is 9.46. The summed E-state index contributed by atoms with van der Waals surface area (Å²) in [6.07, 6.45) is 0. The maximum Gasteiger partial charge on any atom is 0.191 e. The quantitative estimate of drug-likeness (QED) is 0.297. The molecular formula is C21H38IN5O2. The second kappa shape index (κ2) is 14.0. The van der Waals surface area contributed by atoms with Gasteiger partial charge in [0.2, 0.25) is 0 Å². The van der Waals surface area contributed by atoms with Gasteiger partial charge in [-0.3, -0.25) is 9.89 Å². The summed E-state index contributed by atoms with van der Waals surface area (Å²) in [5, 5.41) is 6.87. The number of ether oxygens (including phenoxy) is 2. The number of morpholine rings is 1. The Morgan fingerprint density at radius 1 is 1.24 bits per heavy atom. The van der Waals surface area contributed by atoms with Crippen LogP contribution in [0.5, 0.6) is 5.75 Å². The highest BCUT2D eigenvalue weighted by Crippen LogP contribution is 2.27. The number of nitrogens with one attached hydrogen (secondary N) is 2. The number of halogens is 1. The van der Waals surface area contributed by atoms with Gasteiger partial charge >= 0.3 is 0 Å². The molecule has 1 aliphatic rings. The Kier molecular flexibility index (Phi) is 12.5. The van der Waals surface area contributed by atoms with Crippen LogP contribution in [0.1, 0.15) is 25.5 Å². The molecule has 166 valence electrons. The molecule has 7 nitrogen and oxygen atoms in total. The van der Waals surface area contributed by atoms with Crippen molar-refractivity contribution in [2.24, 2.45) is 4.99 Å². The van der Waals surface area contributed by atoms with Crippen LogP contribution in [0.15, 0.2) is 29.3 Å². The molecule has 2 rings (SSSR count). The minimum Gasteiger partial charge on any atom is -0.496 e. The summed E-state index contributed by atoms with van der Waals surface area (Å²) >= 11 is 0. The number of nitrogens with zero attached hydrogens (tertiary/aromatic N) is 3. The minimum absolute atomic E-state index is 0. The number of likely N-dealkylation sites (N-methyl/N-ethyl adjacent to an activating group) is 1. The number of rotatable bonds is 9. The van der Waals surface area contributed by atoms with Crippen LogP contribution in [-0.2, 0) is 4.74 Å². The van der Waals surface area contributed by atoms with Crippen LogP contribution >= 0.6 is 24.0 Å². The highest BCUT2D eigenvalue weighted by Gasteiger charge is 2.19. The zero-order valence-electron chi connectivity index (χ0n) is 18.5. The van der Waals surface area contributed by atoms with E-state index < -0.39 is 0 Å². The summed E-state index contributed by atoms with van der Waals surface area (Å²) in [6, 6.07) is 8.76. The molecular weight excluding hydrogens is 481 g/mol. The normalized spacial score (nSPS) is 17.4. The van der Waals surface area contributed by atoms with E-state index in [9.17, 15) is 0 Å². The number of hydrogen-bond acceptors (Lipinski definition) is 5. The molecule has 8 heteroatoms. The van der Waals surface area contributed by atoms with Crippen LogP contribution < -0.4 is 15.4 Å². The summed E-state index contributed by atoms with van der Waals surface area (Å²) in [7, 11) is 5.89. The van der Waals surface area contributed by atoms with Gasteiger partial charge in [-0.25, -0.2) is 0 Å². The van der Waals surface area contributed by atoms with E-state index in [0.717, 1.165) is 57.6 Å². The van der Waals surface area contributed by atoms with Gasteiger partial charge in [-0.15, -0.1) is 24.0 Å². The molecule has 2 atom stereocenters. The molecule has 1 aromatic carbocycles. The van der Waals surface area contributed by atoms with Gasteiger partial charge in [-0.05, 0) is 34.0 Å². The zero-order valence-corrected chi connectivity index (χ0v) is 20.8. The first-order valence-electron chi connectivity index (χ1n) is 10.2. The summed E-state index contributed by atoms with van der Waals surface area (Å²) < 4.78 is 11.0. The Morgan fingerprint density at radius 3 is 2.55 bits per heavy atom. The molecule has 1 saturated heterocycles. The average Bonchev–Trinajstić information content (AvgIpc) is 2.72. The van der Waals surface area contributed by atoms with Crippen LogP contribution in [0.4, 0.5) is 0 Å². The predicted molar refractivity (Wildman–Crippen MR) is 131 cm³/mol. The highest BCUT2D eigenvalue weighted by molar-refractivity contribution is 14.0. The Bertz CT molecular complexity index is 608. The van der Waals surface area contributed by atoms with Gasteiger partial charge in [-0.2, -0.15) is 0 Å². The summed E-state index contributed by atoms with van der Waals surface area (Å²) in [5.74, 6) is 1.76. The fourth-order valence-electron chi connectivity index (χ4n) is 3.40. The first kappa shape index (κ1) is 25.9. The number of aliphatic imine (C=N–C) groups is 1. The molecule has 1 fully saturated rings. The maximum absolute atomic E-state index is 5.56. The molecule has 0 saturated carbocycles. The molecule has 0 amide bonds. The standard InChI is InChI=1S/C21H37N5O2.HI/c1-6-22-21(23-15-17(2)26-11-13-28-14-12-26)24-16-19(25(3)4)18-9-7-8-10-20(18)27-5;/h7-10,17,19H,6,11-16H2,1-5H3,(H2,22,23,24);1H. The lowest BCUT2D eigenvalue weighted by Crippen LogP contribution is -2.45. The van der Waals surface area contributed by atoms with Crippen molar-refractivity contribution in [1.29, 1.82) is 0 Å². The largest absolute Gasteiger partial charge is 0.496 e. The lowest BCUT2D eigenvalue weighted by molar-refractivity contribution is 0.0220. The van der Waals surface area contributed by atoms with E-state index in [0.29, 0.717) is 6.04 Å². The lowest BCUT2D eigenvalue weighted by Gasteiger charge is -2.31. The molecule has 1 aromatic rings. The number of hydrogen-bond donors (Lipinski definition) is 2. The van der Waals surface area contributed by atoms with E-state index in [1.807, 2.05) is 12.1 Å². The number of guanidine groups is 1. The topological polar surface area (TPSA) is 61.4 Å². The first-order chi connectivity index (χ1) is 13.6. The van der Waals surface area contributed by atoms with Crippen molar-refractivity contribution in [3.8, 4) is 5.75 Å². The molecule has 0 radical (unpaired) electrons. The zero-order chi connectivity index (χ0) is 20.4.